The van der Waals surface area contributed by atoms with Gasteiger partial charge in [-0.2, -0.15) is 4.31 Å². The summed E-state index contributed by atoms with van der Waals surface area (Å²) >= 11 is 3.33. The van der Waals surface area contributed by atoms with Crippen LogP contribution in [0.25, 0.3) is 0 Å². The molecule has 2 rings (SSSR count). The van der Waals surface area contributed by atoms with Crippen LogP contribution in [-0.4, -0.2) is 46.0 Å². The number of benzene rings is 1. The highest BCUT2D eigenvalue weighted by atomic mass is 79.9. The maximum absolute atomic E-state index is 12.7. The average molecular weight is 363 g/mol. The lowest BCUT2D eigenvalue weighted by Gasteiger charge is -2.24. The lowest BCUT2D eigenvalue weighted by molar-refractivity contribution is 0.378. The van der Waals surface area contributed by atoms with Gasteiger partial charge in [0.1, 0.15) is 5.75 Å². The number of hydrogen-bond acceptors (Lipinski definition) is 4. The van der Waals surface area contributed by atoms with Crippen molar-refractivity contribution in [2.45, 2.75) is 23.8 Å². The molecule has 1 fully saturated rings. The quantitative estimate of drug-likeness (QED) is 0.867. The van der Waals surface area contributed by atoms with Crippen molar-refractivity contribution in [1.82, 2.24) is 9.62 Å². The van der Waals surface area contributed by atoms with Gasteiger partial charge in [-0.15, -0.1) is 0 Å². The van der Waals surface area contributed by atoms with E-state index >= 15 is 0 Å². The Morgan fingerprint density at radius 3 is 2.90 bits per heavy atom. The number of halogens is 1. The van der Waals surface area contributed by atoms with E-state index in [2.05, 4.69) is 21.2 Å². The maximum atomic E-state index is 12.7. The molecule has 0 bridgehead atoms. The largest absolute Gasteiger partial charge is 0.496 e. The molecule has 112 valence electrons. The minimum absolute atomic E-state index is 0.0274. The molecular formula is C13H19BrN2O3S. The van der Waals surface area contributed by atoms with Gasteiger partial charge in [0.2, 0.25) is 10.0 Å². The molecule has 1 aromatic rings. The van der Waals surface area contributed by atoms with Gasteiger partial charge in [-0.1, -0.05) is 0 Å². The second-order valence-electron chi connectivity index (χ2n) is 4.77. The number of nitrogens with one attached hydrogen (secondary N) is 1. The normalized spacial score (nSPS) is 20.2. The van der Waals surface area contributed by atoms with E-state index in [0.717, 1.165) is 17.3 Å². The summed E-state index contributed by atoms with van der Waals surface area (Å²) in [7, 11) is -0.104. The van der Waals surface area contributed by atoms with Crippen molar-refractivity contribution in [3.8, 4) is 5.75 Å². The second-order valence-corrected chi connectivity index (χ2v) is 7.51. The van der Waals surface area contributed by atoms with Gasteiger partial charge < -0.3 is 10.1 Å². The van der Waals surface area contributed by atoms with Crippen molar-refractivity contribution in [3.05, 3.63) is 22.7 Å². The number of sulfonamides is 1. The molecule has 0 saturated carbocycles. The van der Waals surface area contributed by atoms with Crippen LogP contribution in [0.3, 0.4) is 0 Å². The number of nitrogens with zero attached hydrogens (tertiary/aromatic N) is 1. The number of likely N-dealkylation sites (N-methyl/N-ethyl adjacent to an activating group) is 1. The van der Waals surface area contributed by atoms with E-state index in [0.29, 0.717) is 18.8 Å². The predicted octanol–water partition coefficient (Wildman–Crippen LogP) is 1.83. The van der Waals surface area contributed by atoms with E-state index in [1.54, 1.807) is 22.5 Å². The van der Waals surface area contributed by atoms with Gasteiger partial charge in [0.25, 0.3) is 0 Å². The van der Waals surface area contributed by atoms with Crippen molar-refractivity contribution in [2.75, 3.05) is 27.2 Å². The highest BCUT2D eigenvalue weighted by Crippen LogP contribution is 2.31. The molecule has 0 spiro atoms. The molecule has 1 aliphatic heterocycles. The van der Waals surface area contributed by atoms with Crippen LogP contribution in [0.1, 0.15) is 12.8 Å². The van der Waals surface area contributed by atoms with Crippen LogP contribution in [-0.2, 0) is 10.0 Å². The van der Waals surface area contributed by atoms with Crippen LogP contribution in [0.4, 0.5) is 0 Å². The highest BCUT2D eigenvalue weighted by molar-refractivity contribution is 9.10. The Labute approximate surface area is 128 Å². The molecule has 0 radical (unpaired) electrons. The number of ether oxygens (including phenoxy) is 1. The summed E-state index contributed by atoms with van der Waals surface area (Å²) in [4.78, 5) is 0.278. The fourth-order valence-electron chi connectivity index (χ4n) is 2.50. The molecule has 0 aliphatic carbocycles. The molecule has 0 amide bonds. The van der Waals surface area contributed by atoms with Gasteiger partial charge in [-0.25, -0.2) is 8.42 Å². The minimum Gasteiger partial charge on any atom is -0.496 e. The zero-order chi connectivity index (χ0) is 14.8. The van der Waals surface area contributed by atoms with E-state index < -0.39 is 10.0 Å². The van der Waals surface area contributed by atoms with Crippen LogP contribution >= 0.6 is 15.9 Å². The fourth-order valence-corrected chi connectivity index (χ4v) is 4.62. The highest BCUT2D eigenvalue weighted by Gasteiger charge is 2.35. The molecule has 1 N–H and O–H groups in total. The van der Waals surface area contributed by atoms with Crippen molar-refractivity contribution in [2.24, 2.45) is 0 Å². The Kier molecular flexibility index (Phi) is 5.06. The summed E-state index contributed by atoms with van der Waals surface area (Å²) in [6.07, 6.45) is 1.80. The molecule has 1 heterocycles. The Balaban J connectivity index is 2.34. The lowest BCUT2D eigenvalue weighted by Crippen LogP contribution is -2.40. The molecule has 1 saturated heterocycles. The van der Waals surface area contributed by atoms with Gasteiger partial charge in [-0.3, -0.25) is 0 Å². The lowest BCUT2D eigenvalue weighted by atomic mass is 10.2. The first-order chi connectivity index (χ1) is 9.50. The van der Waals surface area contributed by atoms with Gasteiger partial charge in [0.15, 0.2) is 0 Å². The van der Waals surface area contributed by atoms with E-state index in [1.165, 1.54) is 7.11 Å². The Morgan fingerprint density at radius 2 is 2.25 bits per heavy atom. The minimum atomic E-state index is -3.47. The van der Waals surface area contributed by atoms with Gasteiger partial charge >= 0.3 is 0 Å². The molecule has 5 nitrogen and oxygen atoms in total. The Morgan fingerprint density at radius 1 is 1.50 bits per heavy atom. The summed E-state index contributed by atoms with van der Waals surface area (Å²) in [5, 5.41) is 3.06. The average Bonchev–Trinajstić information content (AvgIpc) is 2.88. The standard InChI is InChI=1S/C13H19BrN2O3S/c1-15-9-10-4-3-7-16(10)20(17,18)11-5-6-12(14)13(8-11)19-2/h5-6,8,10,15H,3-4,7,9H2,1-2H3/t10-/m0/s1. The summed E-state index contributed by atoms with van der Waals surface area (Å²) in [5.41, 5.74) is 0. The topological polar surface area (TPSA) is 58.6 Å². The molecule has 20 heavy (non-hydrogen) atoms. The van der Waals surface area contributed by atoms with E-state index in [1.807, 2.05) is 7.05 Å². The first kappa shape index (κ1) is 15.8. The Bertz CT molecular complexity index is 577. The number of rotatable bonds is 5. The third kappa shape index (κ3) is 3.00. The summed E-state index contributed by atoms with van der Waals surface area (Å²) in [6, 6.07) is 4.90. The third-order valence-corrected chi connectivity index (χ3v) is 6.09. The molecule has 0 aromatic heterocycles. The van der Waals surface area contributed by atoms with E-state index in [9.17, 15) is 8.42 Å². The van der Waals surface area contributed by atoms with Crippen molar-refractivity contribution < 1.29 is 13.2 Å². The zero-order valence-corrected chi connectivity index (χ0v) is 14.0. The Hall–Kier alpha value is -0.630. The molecule has 1 aliphatic rings. The SMILES string of the molecule is CNC[C@@H]1CCCN1S(=O)(=O)c1ccc(Br)c(OC)c1. The van der Waals surface area contributed by atoms with Gasteiger partial charge in [-0.05, 0) is 48.0 Å². The third-order valence-electron chi connectivity index (χ3n) is 3.49. The molecule has 7 heteroatoms. The van der Waals surface area contributed by atoms with Crippen molar-refractivity contribution in [3.63, 3.8) is 0 Å². The first-order valence-electron chi connectivity index (χ1n) is 6.50. The summed E-state index contributed by atoms with van der Waals surface area (Å²) in [5.74, 6) is 0.524. The second kappa shape index (κ2) is 6.43. The van der Waals surface area contributed by atoms with E-state index in [-0.39, 0.29) is 10.9 Å². The van der Waals surface area contributed by atoms with E-state index in [4.69, 9.17) is 4.74 Å². The first-order valence-corrected chi connectivity index (χ1v) is 8.74. The maximum Gasteiger partial charge on any atom is 0.243 e. The predicted molar refractivity (Wildman–Crippen MR) is 81.5 cm³/mol. The van der Waals surface area contributed by atoms with Crippen LogP contribution in [0.15, 0.2) is 27.6 Å². The van der Waals surface area contributed by atoms with Crippen LogP contribution in [0.2, 0.25) is 0 Å². The van der Waals surface area contributed by atoms with Crippen molar-refractivity contribution >= 4 is 26.0 Å². The van der Waals surface area contributed by atoms with Crippen LogP contribution < -0.4 is 10.1 Å². The fraction of sp³-hybridized carbons (Fsp3) is 0.538. The smallest absolute Gasteiger partial charge is 0.243 e. The molecule has 1 aromatic carbocycles. The molecule has 0 unspecified atom stereocenters. The van der Waals surface area contributed by atoms with Crippen molar-refractivity contribution in [1.29, 1.82) is 0 Å². The zero-order valence-electron chi connectivity index (χ0n) is 11.6. The van der Waals surface area contributed by atoms with Crippen LogP contribution in [0, 0.1) is 0 Å². The number of methoxy groups -OCH3 is 1. The molecule has 1 atom stereocenters. The number of hydrogen-bond donors (Lipinski definition) is 1. The van der Waals surface area contributed by atoms with Crippen LogP contribution in [0.5, 0.6) is 5.75 Å². The molecular weight excluding hydrogens is 344 g/mol. The monoisotopic (exact) mass is 362 g/mol. The summed E-state index contributed by atoms with van der Waals surface area (Å²) < 4.78 is 33.0. The van der Waals surface area contributed by atoms with Gasteiger partial charge in [0.05, 0.1) is 16.5 Å². The summed E-state index contributed by atoms with van der Waals surface area (Å²) in [6.45, 7) is 1.25. The van der Waals surface area contributed by atoms with Gasteiger partial charge in [0, 0.05) is 25.2 Å².